The van der Waals surface area contributed by atoms with Crippen molar-refractivity contribution in [1.29, 1.82) is 0 Å². The van der Waals surface area contributed by atoms with E-state index in [1.165, 1.54) is 11.0 Å². The number of carbonyl (C=O) groups is 1. The minimum absolute atomic E-state index is 0.0341. The Labute approximate surface area is 155 Å². The van der Waals surface area contributed by atoms with E-state index in [0.29, 0.717) is 6.42 Å². The van der Waals surface area contributed by atoms with Crippen molar-refractivity contribution >= 4 is 15.9 Å². The highest BCUT2D eigenvalue weighted by Gasteiger charge is 2.38. The summed E-state index contributed by atoms with van der Waals surface area (Å²) in [6.07, 6.45) is 2.74. The number of halogens is 1. The van der Waals surface area contributed by atoms with E-state index in [-0.39, 0.29) is 24.5 Å². The van der Waals surface area contributed by atoms with Gasteiger partial charge in [0.25, 0.3) is 0 Å². The quantitative estimate of drug-likeness (QED) is 0.848. The molecule has 1 aromatic rings. The Balaban J connectivity index is 2.17. The summed E-state index contributed by atoms with van der Waals surface area (Å²) in [4.78, 5) is 14.2. The third kappa shape index (κ3) is 5.56. The van der Waals surface area contributed by atoms with Crippen LogP contribution in [0.15, 0.2) is 41.8 Å². The smallest absolute Gasteiger partial charge is 0.318 e. The monoisotopic (exact) mass is 382 g/mol. The molecule has 0 saturated carbocycles. The Bertz CT molecular complexity index is 736. The van der Waals surface area contributed by atoms with Crippen molar-refractivity contribution in [1.82, 2.24) is 10.2 Å². The topological polar surface area (TPSA) is 66.5 Å². The number of likely N-dealkylation sites (tertiary alicyclic amines) is 1. The molecule has 5 nitrogen and oxygen atoms in total. The largest absolute Gasteiger partial charge is 0.332 e. The molecule has 1 aliphatic heterocycles. The van der Waals surface area contributed by atoms with E-state index in [4.69, 9.17) is 0 Å². The summed E-state index contributed by atoms with van der Waals surface area (Å²) in [6, 6.07) is 8.56. The van der Waals surface area contributed by atoms with Crippen molar-refractivity contribution in [2.45, 2.75) is 44.9 Å². The molecule has 1 N–H and O–H groups in total. The van der Waals surface area contributed by atoms with Gasteiger partial charge in [0, 0.05) is 17.7 Å². The second-order valence-electron chi connectivity index (χ2n) is 6.90. The molecule has 2 amide bonds. The van der Waals surface area contributed by atoms with E-state index >= 15 is 0 Å². The standard InChI is InChI=1S/C19H27FN2O3S/c1-4-15-12-18(16-8-6-5-7-9-16)22(13-17(15)20)19(23)21-14(2)10-11-26(3,24)25/h5-11,14-15,17-18H,4,12-13H2,1-3H3,(H,21,23)/b11-10+/t14-,15-,17-,18-/m0/s1. The van der Waals surface area contributed by atoms with Gasteiger partial charge in [0.05, 0.1) is 12.6 Å². The van der Waals surface area contributed by atoms with E-state index in [1.807, 2.05) is 37.3 Å². The maximum atomic E-state index is 14.5. The van der Waals surface area contributed by atoms with E-state index < -0.39 is 22.1 Å². The minimum Gasteiger partial charge on any atom is -0.332 e. The Morgan fingerprint density at radius 1 is 1.38 bits per heavy atom. The third-order valence-electron chi connectivity index (χ3n) is 4.72. The van der Waals surface area contributed by atoms with Crippen LogP contribution in [0.1, 0.15) is 38.3 Å². The second-order valence-corrected chi connectivity index (χ2v) is 8.83. The molecule has 2 rings (SSSR count). The van der Waals surface area contributed by atoms with Gasteiger partial charge < -0.3 is 10.2 Å². The predicted octanol–water partition coefficient (Wildman–Crippen LogP) is 3.45. The first-order valence-electron chi connectivity index (χ1n) is 8.85. The molecule has 1 aliphatic rings. The Kier molecular flexibility index (Phi) is 6.81. The molecular formula is C19H27FN2O3S. The lowest BCUT2D eigenvalue weighted by atomic mass is 9.84. The van der Waals surface area contributed by atoms with Crippen molar-refractivity contribution in [3.8, 4) is 0 Å². The predicted molar refractivity (Wildman–Crippen MR) is 101 cm³/mol. The van der Waals surface area contributed by atoms with Gasteiger partial charge in [-0.05, 0) is 24.8 Å². The number of sulfone groups is 1. The summed E-state index contributed by atoms with van der Waals surface area (Å²) in [7, 11) is -3.26. The summed E-state index contributed by atoms with van der Waals surface area (Å²) in [5.41, 5.74) is 0.979. The SMILES string of the molecule is CC[C@H]1C[C@@H](c2ccccc2)N(C(=O)N[C@@H](C)/C=C/S(C)(=O)=O)C[C@@H]1F. The second kappa shape index (κ2) is 8.66. The molecule has 0 aliphatic carbocycles. The molecule has 0 spiro atoms. The molecule has 0 aromatic heterocycles. The van der Waals surface area contributed by atoms with Gasteiger partial charge in [0.2, 0.25) is 0 Å². The zero-order valence-corrected chi connectivity index (χ0v) is 16.2. The summed E-state index contributed by atoms with van der Waals surface area (Å²) >= 11 is 0. The fourth-order valence-corrected chi connectivity index (χ4v) is 3.77. The molecule has 1 fully saturated rings. The van der Waals surface area contributed by atoms with Crippen molar-refractivity contribution in [2.75, 3.05) is 12.8 Å². The van der Waals surface area contributed by atoms with Crippen LogP contribution in [-0.2, 0) is 9.84 Å². The van der Waals surface area contributed by atoms with E-state index in [2.05, 4.69) is 5.32 Å². The van der Waals surface area contributed by atoms with Crippen molar-refractivity contribution < 1.29 is 17.6 Å². The number of urea groups is 1. The Hall–Kier alpha value is -1.89. The highest BCUT2D eigenvalue weighted by Crippen LogP contribution is 2.37. The van der Waals surface area contributed by atoms with Crippen molar-refractivity contribution in [3.63, 3.8) is 0 Å². The third-order valence-corrected chi connectivity index (χ3v) is 5.37. The number of carbonyl (C=O) groups excluding carboxylic acids is 1. The molecule has 1 saturated heterocycles. The van der Waals surface area contributed by atoms with E-state index in [0.717, 1.165) is 23.6 Å². The molecule has 7 heteroatoms. The fourth-order valence-electron chi connectivity index (χ4n) is 3.25. The van der Waals surface area contributed by atoms with Crippen molar-refractivity contribution in [3.05, 3.63) is 47.4 Å². The van der Waals surface area contributed by atoms with Gasteiger partial charge in [-0.25, -0.2) is 17.6 Å². The van der Waals surface area contributed by atoms with Crippen LogP contribution in [0.3, 0.4) is 0 Å². The maximum absolute atomic E-state index is 14.5. The summed E-state index contributed by atoms with van der Waals surface area (Å²) < 4.78 is 36.9. The first kappa shape index (κ1) is 20.4. The molecule has 1 aromatic carbocycles. The number of benzene rings is 1. The van der Waals surface area contributed by atoms with Gasteiger partial charge in [-0.15, -0.1) is 0 Å². The lowest BCUT2D eigenvalue weighted by molar-refractivity contribution is 0.0581. The number of rotatable bonds is 5. The summed E-state index contributed by atoms with van der Waals surface area (Å²) in [5, 5.41) is 3.81. The average molecular weight is 383 g/mol. The molecule has 4 atom stereocenters. The Morgan fingerprint density at radius 3 is 2.62 bits per heavy atom. The van der Waals surface area contributed by atoms with Crippen LogP contribution in [0.5, 0.6) is 0 Å². The summed E-state index contributed by atoms with van der Waals surface area (Å²) in [5.74, 6) is -0.0770. The molecule has 0 radical (unpaired) electrons. The molecule has 0 unspecified atom stereocenters. The fraction of sp³-hybridized carbons (Fsp3) is 0.526. The Morgan fingerprint density at radius 2 is 2.04 bits per heavy atom. The van der Waals surface area contributed by atoms with E-state index in [9.17, 15) is 17.6 Å². The van der Waals surface area contributed by atoms with Gasteiger partial charge >= 0.3 is 6.03 Å². The van der Waals surface area contributed by atoms with Gasteiger partial charge in [-0.2, -0.15) is 0 Å². The van der Waals surface area contributed by atoms with Crippen LogP contribution in [0.25, 0.3) is 0 Å². The van der Waals surface area contributed by atoms with Gasteiger partial charge in [0.1, 0.15) is 6.17 Å². The van der Waals surface area contributed by atoms with Gasteiger partial charge in [0.15, 0.2) is 9.84 Å². The van der Waals surface area contributed by atoms with Gasteiger partial charge in [-0.1, -0.05) is 49.8 Å². The highest BCUT2D eigenvalue weighted by molar-refractivity contribution is 7.93. The number of nitrogens with zero attached hydrogens (tertiary/aromatic N) is 1. The van der Waals surface area contributed by atoms with Crippen LogP contribution in [0.4, 0.5) is 9.18 Å². The zero-order chi connectivity index (χ0) is 19.3. The molecule has 26 heavy (non-hydrogen) atoms. The van der Waals surface area contributed by atoms with Gasteiger partial charge in [-0.3, -0.25) is 0 Å². The molecule has 0 bridgehead atoms. The molecule has 1 heterocycles. The van der Waals surface area contributed by atoms with Crippen LogP contribution >= 0.6 is 0 Å². The number of amides is 2. The van der Waals surface area contributed by atoms with Crippen LogP contribution in [0, 0.1) is 5.92 Å². The van der Waals surface area contributed by atoms with Crippen LogP contribution in [-0.4, -0.2) is 44.4 Å². The molecule has 144 valence electrons. The number of nitrogens with one attached hydrogen (secondary N) is 1. The number of hydrogen-bond acceptors (Lipinski definition) is 3. The first-order valence-corrected chi connectivity index (χ1v) is 10.8. The number of piperidine rings is 1. The van der Waals surface area contributed by atoms with E-state index in [1.54, 1.807) is 6.92 Å². The lowest BCUT2D eigenvalue weighted by Crippen LogP contribution is -2.51. The lowest BCUT2D eigenvalue weighted by Gasteiger charge is -2.41. The summed E-state index contributed by atoms with van der Waals surface area (Å²) in [6.45, 7) is 3.68. The minimum atomic E-state index is -3.26. The first-order chi connectivity index (χ1) is 12.2. The zero-order valence-electron chi connectivity index (χ0n) is 15.4. The highest BCUT2D eigenvalue weighted by atomic mass is 32.2. The number of alkyl halides is 1. The average Bonchev–Trinajstić information content (AvgIpc) is 2.60. The van der Waals surface area contributed by atoms with Crippen molar-refractivity contribution in [2.24, 2.45) is 5.92 Å². The van der Waals surface area contributed by atoms with Crippen LogP contribution < -0.4 is 5.32 Å². The maximum Gasteiger partial charge on any atom is 0.318 e. The van der Waals surface area contributed by atoms with Crippen LogP contribution in [0.2, 0.25) is 0 Å². The number of hydrogen-bond donors (Lipinski definition) is 1. The molecular weight excluding hydrogens is 355 g/mol. The normalized spacial score (nSPS) is 25.2.